The second-order valence-electron chi connectivity index (χ2n) is 6.52. The Hall–Kier alpha value is -2.28. The van der Waals surface area contributed by atoms with E-state index < -0.39 is 0 Å². The van der Waals surface area contributed by atoms with E-state index in [2.05, 4.69) is 11.9 Å². The number of benzene rings is 1. The lowest BCUT2D eigenvalue weighted by Crippen LogP contribution is -2.16. The summed E-state index contributed by atoms with van der Waals surface area (Å²) in [6.45, 7) is 8.33. The number of imidazole rings is 1. The second-order valence-corrected chi connectivity index (χ2v) is 7.79. The fourth-order valence-electron chi connectivity index (χ4n) is 3.03. The molecule has 0 aliphatic heterocycles. The number of aromatic nitrogens is 3. The van der Waals surface area contributed by atoms with Crippen molar-refractivity contribution in [3.05, 3.63) is 30.1 Å². The molecular formula is C22H32N4O2S. The lowest BCUT2D eigenvalue weighted by atomic mass is 10.2. The van der Waals surface area contributed by atoms with Crippen molar-refractivity contribution in [1.82, 2.24) is 14.7 Å². The summed E-state index contributed by atoms with van der Waals surface area (Å²) in [4.78, 5) is 26.4. The minimum Gasteiger partial charge on any atom is -0.412 e. The number of fused-ring (bicyclic) bond motifs is 3. The molecule has 0 saturated heterocycles. The number of aryl methyl sites for hydroxylation is 1. The van der Waals surface area contributed by atoms with Crippen LogP contribution in [0.4, 0.5) is 5.82 Å². The maximum absolute atomic E-state index is 11.0. The quantitative estimate of drug-likeness (QED) is 0.493. The first kappa shape index (κ1) is 23.0. The molecule has 3 rings (SSSR count). The van der Waals surface area contributed by atoms with Crippen LogP contribution in [0.5, 0.6) is 0 Å². The highest BCUT2D eigenvalue weighted by Crippen LogP contribution is 2.28. The molecule has 0 aliphatic rings. The van der Waals surface area contributed by atoms with Gasteiger partial charge >= 0.3 is 0 Å². The predicted molar refractivity (Wildman–Crippen MR) is 123 cm³/mol. The first-order valence-corrected chi connectivity index (χ1v) is 11.4. The Morgan fingerprint density at radius 1 is 1.17 bits per heavy atom. The fraction of sp³-hybridized carbons (Fsp3) is 0.500. The van der Waals surface area contributed by atoms with Crippen molar-refractivity contribution < 1.29 is 9.63 Å². The van der Waals surface area contributed by atoms with Crippen molar-refractivity contribution >= 4 is 44.6 Å². The summed E-state index contributed by atoms with van der Waals surface area (Å²) in [6.07, 6.45) is 4.77. The molecule has 29 heavy (non-hydrogen) atoms. The fourth-order valence-corrected chi connectivity index (χ4v) is 3.67. The Labute approximate surface area is 177 Å². The number of carbonyl (C=O) groups excluding carboxylic acids is 1. The Kier molecular flexibility index (Phi) is 9.25. The SMILES string of the molecule is CC.CCCCc1nc2c(N)nc3ccccc3c2n1OCCCCSC(C)=O. The molecule has 0 fully saturated rings. The van der Waals surface area contributed by atoms with Gasteiger partial charge in [0.2, 0.25) is 0 Å². The van der Waals surface area contributed by atoms with E-state index in [4.69, 9.17) is 15.6 Å². The molecule has 6 nitrogen and oxygen atoms in total. The van der Waals surface area contributed by atoms with E-state index in [-0.39, 0.29) is 5.12 Å². The molecule has 0 amide bonds. The molecule has 0 radical (unpaired) electrons. The van der Waals surface area contributed by atoms with Gasteiger partial charge in [-0.3, -0.25) is 4.79 Å². The van der Waals surface area contributed by atoms with Crippen LogP contribution in [0.1, 0.15) is 59.2 Å². The number of unbranched alkanes of at least 4 members (excludes halogenated alkanes) is 2. The number of thioether (sulfide) groups is 1. The number of nitrogens with zero attached hydrogens (tertiary/aromatic N) is 3. The maximum Gasteiger partial charge on any atom is 0.185 e. The third-order valence-electron chi connectivity index (χ3n) is 4.36. The zero-order valence-electron chi connectivity index (χ0n) is 17.9. The Morgan fingerprint density at radius 3 is 2.66 bits per heavy atom. The van der Waals surface area contributed by atoms with Gasteiger partial charge < -0.3 is 10.6 Å². The number of pyridine rings is 1. The molecule has 0 unspecified atom stereocenters. The Morgan fingerprint density at radius 2 is 1.93 bits per heavy atom. The molecule has 2 heterocycles. The number of anilines is 1. The molecule has 0 bridgehead atoms. The first-order chi connectivity index (χ1) is 14.1. The van der Waals surface area contributed by atoms with Crippen molar-refractivity contribution in [3.63, 3.8) is 0 Å². The van der Waals surface area contributed by atoms with E-state index >= 15 is 0 Å². The van der Waals surface area contributed by atoms with Crippen molar-refractivity contribution in [2.75, 3.05) is 18.1 Å². The lowest BCUT2D eigenvalue weighted by molar-refractivity contribution is -0.109. The molecule has 158 valence electrons. The van der Waals surface area contributed by atoms with Crippen LogP contribution in [-0.4, -0.2) is 32.2 Å². The topological polar surface area (TPSA) is 83.0 Å². The normalized spacial score (nSPS) is 10.8. The zero-order valence-corrected chi connectivity index (χ0v) is 18.7. The molecule has 0 atom stereocenters. The number of para-hydroxylation sites is 1. The van der Waals surface area contributed by atoms with Gasteiger partial charge in [0.1, 0.15) is 23.5 Å². The molecule has 3 aromatic rings. The molecule has 1 aromatic carbocycles. The molecule has 7 heteroatoms. The van der Waals surface area contributed by atoms with Crippen molar-refractivity contribution in [2.45, 2.75) is 59.8 Å². The van der Waals surface area contributed by atoms with E-state index in [0.717, 1.165) is 60.1 Å². The van der Waals surface area contributed by atoms with E-state index in [0.29, 0.717) is 17.9 Å². The summed E-state index contributed by atoms with van der Waals surface area (Å²) in [6, 6.07) is 7.92. The minimum atomic E-state index is 0.160. The summed E-state index contributed by atoms with van der Waals surface area (Å²) >= 11 is 1.36. The van der Waals surface area contributed by atoms with Crippen LogP contribution < -0.4 is 10.6 Å². The number of carbonyl (C=O) groups is 1. The predicted octanol–water partition coefficient (Wildman–Crippen LogP) is 5.02. The molecule has 2 N–H and O–H groups in total. The van der Waals surface area contributed by atoms with Gasteiger partial charge in [-0.15, -0.1) is 0 Å². The van der Waals surface area contributed by atoms with Crippen LogP contribution in [-0.2, 0) is 11.2 Å². The van der Waals surface area contributed by atoms with E-state index in [1.807, 2.05) is 42.8 Å². The molecule has 0 spiro atoms. The molecule has 2 aromatic heterocycles. The summed E-state index contributed by atoms with van der Waals surface area (Å²) in [5, 5.41) is 1.15. The minimum absolute atomic E-state index is 0.160. The zero-order chi connectivity index (χ0) is 21.2. The Balaban J connectivity index is 0.00000145. The third-order valence-corrected chi connectivity index (χ3v) is 5.26. The van der Waals surface area contributed by atoms with Crippen molar-refractivity contribution in [3.8, 4) is 0 Å². The van der Waals surface area contributed by atoms with Crippen molar-refractivity contribution in [2.24, 2.45) is 0 Å². The van der Waals surface area contributed by atoms with Gasteiger partial charge in [0, 0.05) is 24.5 Å². The number of nitrogens with two attached hydrogens (primary N) is 1. The standard InChI is InChI=1S/C20H26N4O2S.C2H6/c1-3-4-11-17-23-18-19(15-9-5-6-10-16(15)22-20(18)21)24(17)26-12-7-8-13-27-14(2)25;1-2/h5-6,9-10H,3-4,7-8,11-13H2,1-2H3,(H2,21,22);1-2H3. The lowest BCUT2D eigenvalue weighted by Gasteiger charge is -2.12. The summed E-state index contributed by atoms with van der Waals surface area (Å²) in [7, 11) is 0. The van der Waals surface area contributed by atoms with Crippen LogP contribution in [0.3, 0.4) is 0 Å². The molecule has 0 saturated carbocycles. The van der Waals surface area contributed by atoms with E-state index in [1.54, 1.807) is 6.92 Å². The van der Waals surface area contributed by atoms with Crippen LogP contribution >= 0.6 is 11.8 Å². The number of hydrogen-bond donors (Lipinski definition) is 1. The number of nitrogen functional groups attached to an aromatic ring is 1. The highest BCUT2D eigenvalue weighted by Gasteiger charge is 2.18. The third kappa shape index (κ3) is 5.85. The smallest absolute Gasteiger partial charge is 0.185 e. The van der Waals surface area contributed by atoms with Gasteiger partial charge in [-0.25, -0.2) is 9.97 Å². The van der Waals surface area contributed by atoms with Gasteiger partial charge in [0.15, 0.2) is 10.9 Å². The van der Waals surface area contributed by atoms with Crippen molar-refractivity contribution in [1.29, 1.82) is 0 Å². The maximum atomic E-state index is 11.0. The molecule has 0 aliphatic carbocycles. The average molecular weight is 417 g/mol. The molecular weight excluding hydrogens is 384 g/mol. The van der Waals surface area contributed by atoms with E-state index in [9.17, 15) is 4.79 Å². The van der Waals surface area contributed by atoms with Gasteiger partial charge in [0.05, 0.1) is 5.52 Å². The monoisotopic (exact) mass is 416 g/mol. The van der Waals surface area contributed by atoms with Crippen LogP contribution in [0.25, 0.3) is 21.9 Å². The first-order valence-electron chi connectivity index (χ1n) is 10.4. The van der Waals surface area contributed by atoms with Gasteiger partial charge in [-0.2, -0.15) is 4.73 Å². The number of rotatable bonds is 9. The van der Waals surface area contributed by atoms with Gasteiger partial charge in [-0.1, -0.05) is 57.2 Å². The van der Waals surface area contributed by atoms with Crippen LogP contribution in [0, 0.1) is 0 Å². The second kappa shape index (κ2) is 11.7. The van der Waals surface area contributed by atoms with Crippen LogP contribution in [0.15, 0.2) is 24.3 Å². The van der Waals surface area contributed by atoms with Gasteiger partial charge in [0.25, 0.3) is 0 Å². The highest BCUT2D eigenvalue weighted by molar-refractivity contribution is 8.13. The number of hydrogen-bond acceptors (Lipinski definition) is 6. The average Bonchev–Trinajstić information content (AvgIpc) is 3.09. The van der Waals surface area contributed by atoms with E-state index in [1.165, 1.54) is 11.8 Å². The summed E-state index contributed by atoms with van der Waals surface area (Å²) in [5.74, 6) is 2.14. The van der Waals surface area contributed by atoms with Gasteiger partial charge in [-0.05, 0) is 25.3 Å². The Bertz CT molecular complexity index is 939. The largest absolute Gasteiger partial charge is 0.412 e. The summed E-state index contributed by atoms with van der Waals surface area (Å²) < 4.78 is 1.85. The highest BCUT2D eigenvalue weighted by atomic mass is 32.2. The summed E-state index contributed by atoms with van der Waals surface area (Å²) in [5.41, 5.74) is 8.61. The van der Waals surface area contributed by atoms with Crippen LogP contribution in [0.2, 0.25) is 0 Å².